The maximum Gasteiger partial charge on any atom is 0.251 e. The molecule has 83 valence electrons. The maximum absolute atomic E-state index is 11.7. The average Bonchev–Trinajstić information content (AvgIpc) is 2.33. The van der Waals surface area contributed by atoms with Gasteiger partial charge in [0.05, 0.1) is 0 Å². The summed E-state index contributed by atoms with van der Waals surface area (Å²) in [5.74, 6) is -0.118. The lowest BCUT2D eigenvalue weighted by atomic mass is 10.1. The quantitative estimate of drug-likeness (QED) is 0.765. The van der Waals surface area contributed by atoms with Crippen molar-refractivity contribution in [2.45, 2.75) is 13.3 Å². The highest BCUT2D eigenvalue weighted by Crippen LogP contribution is 2.10. The first-order valence-corrected chi connectivity index (χ1v) is 5.21. The molecular formula is C13H14NO2. The van der Waals surface area contributed by atoms with E-state index in [9.17, 15) is 9.59 Å². The van der Waals surface area contributed by atoms with Gasteiger partial charge in [0.15, 0.2) is 0 Å². The van der Waals surface area contributed by atoms with Gasteiger partial charge in [0.2, 0.25) is 6.29 Å². The number of carbonyl (C=O) groups excluding carboxylic acids is 2. The Labute approximate surface area is 95.2 Å². The number of carbonyl (C=O) groups is 1. The third-order valence-corrected chi connectivity index (χ3v) is 2.07. The van der Waals surface area contributed by atoms with Gasteiger partial charge >= 0.3 is 0 Å². The molecule has 3 heteroatoms. The van der Waals surface area contributed by atoms with E-state index in [1.165, 1.54) is 6.08 Å². The third kappa shape index (κ3) is 3.35. The number of hydrogen-bond donors (Lipinski definition) is 1. The van der Waals surface area contributed by atoms with E-state index in [1.54, 1.807) is 30.6 Å². The summed E-state index contributed by atoms with van der Waals surface area (Å²) in [5.41, 5.74) is 1.29. The lowest BCUT2D eigenvalue weighted by Crippen LogP contribution is -2.24. The van der Waals surface area contributed by atoms with Crippen molar-refractivity contribution in [1.29, 1.82) is 0 Å². The molecule has 0 fully saturated rings. The smallest absolute Gasteiger partial charge is 0.251 e. The second-order valence-electron chi connectivity index (χ2n) is 3.29. The van der Waals surface area contributed by atoms with E-state index in [0.29, 0.717) is 12.1 Å². The molecular weight excluding hydrogens is 202 g/mol. The molecule has 1 aromatic rings. The molecule has 1 rings (SSSR count). The highest BCUT2D eigenvalue weighted by Gasteiger charge is 2.07. The SMILES string of the molecule is CCCNC(=O)c1ccccc1/C=C/[C]=O. The van der Waals surface area contributed by atoms with Crippen LogP contribution in [0.3, 0.4) is 0 Å². The number of allylic oxidation sites excluding steroid dienone is 1. The van der Waals surface area contributed by atoms with Crippen LogP contribution in [0, 0.1) is 0 Å². The lowest BCUT2D eigenvalue weighted by molar-refractivity contribution is 0.0953. The Morgan fingerprint density at radius 1 is 1.44 bits per heavy atom. The second-order valence-corrected chi connectivity index (χ2v) is 3.29. The fourth-order valence-electron chi connectivity index (χ4n) is 1.31. The van der Waals surface area contributed by atoms with Gasteiger partial charge in [0.1, 0.15) is 0 Å². The summed E-state index contributed by atoms with van der Waals surface area (Å²) in [5, 5.41) is 2.79. The predicted molar refractivity (Wildman–Crippen MR) is 63.8 cm³/mol. The zero-order valence-corrected chi connectivity index (χ0v) is 9.19. The van der Waals surface area contributed by atoms with Crippen LogP contribution in [0.25, 0.3) is 6.08 Å². The second kappa shape index (κ2) is 6.56. The van der Waals surface area contributed by atoms with E-state index in [2.05, 4.69) is 5.32 Å². The molecule has 0 aliphatic heterocycles. The molecule has 3 nitrogen and oxygen atoms in total. The summed E-state index contributed by atoms with van der Waals surface area (Å²) >= 11 is 0. The van der Waals surface area contributed by atoms with Crippen LogP contribution in [0.1, 0.15) is 29.3 Å². The van der Waals surface area contributed by atoms with Crippen molar-refractivity contribution < 1.29 is 9.59 Å². The highest BCUT2D eigenvalue weighted by molar-refractivity contribution is 5.98. The number of benzene rings is 1. The standard InChI is InChI=1S/C13H14NO2/c1-2-9-14-13(16)12-8-4-3-6-11(12)7-5-10-15/h3-8H,2,9H2,1H3,(H,14,16)/b7-5+. The van der Waals surface area contributed by atoms with Gasteiger partial charge in [-0.15, -0.1) is 0 Å². The predicted octanol–water partition coefficient (Wildman–Crippen LogP) is 1.95. The van der Waals surface area contributed by atoms with Crippen LogP contribution in [0.4, 0.5) is 0 Å². The topological polar surface area (TPSA) is 46.2 Å². The summed E-state index contributed by atoms with van der Waals surface area (Å²) < 4.78 is 0. The number of nitrogens with one attached hydrogen (secondary N) is 1. The van der Waals surface area contributed by atoms with E-state index < -0.39 is 0 Å². The van der Waals surface area contributed by atoms with Gasteiger partial charge in [-0.1, -0.05) is 31.2 Å². The fourth-order valence-corrected chi connectivity index (χ4v) is 1.31. The van der Waals surface area contributed by atoms with Gasteiger partial charge in [-0.3, -0.25) is 9.59 Å². The van der Waals surface area contributed by atoms with Crippen LogP contribution < -0.4 is 5.32 Å². The van der Waals surface area contributed by atoms with Crippen LogP contribution in [0.2, 0.25) is 0 Å². The summed E-state index contributed by atoms with van der Waals surface area (Å²) in [7, 11) is 0. The zero-order valence-electron chi connectivity index (χ0n) is 9.19. The minimum atomic E-state index is -0.118. The van der Waals surface area contributed by atoms with Crippen LogP contribution in [0.15, 0.2) is 30.3 Å². The lowest BCUT2D eigenvalue weighted by Gasteiger charge is -2.06. The highest BCUT2D eigenvalue weighted by atomic mass is 16.1. The molecule has 16 heavy (non-hydrogen) atoms. The van der Waals surface area contributed by atoms with Gasteiger partial charge in [-0.05, 0) is 24.1 Å². The number of hydrogen-bond acceptors (Lipinski definition) is 2. The van der Waals surface area contributed by atoms with E-state index >= 15 is 0 Å². The van der Waals surface area contributed by atoms with Crippen molar-refractivity contribution in [2.24, 2.45) is 0 Å². The molecule has 1 amide bonds. The molecule has 1 radical (unpaired) electrons. The molecule has 0 aromatic heterocycles. The van der Waals surface area contributed by atoms with Crippen molar-refractivity contribution in [2.75, 3.05) is 6.54 Å². The minimum absolute atomic E-state index is 0.118. The normalized spacial score (nSPS) is 10.3. The summed E-state index contributed by atoms with van der Waals surface area (Å²) in [6.45, 7) is 2.64. The molecule has 0 bridgehead atoms. The zero-order chi connectivity index (χ0) is 11.8. The van der Waals surface area contributed by atoms with Gasteiger partial charge in [-0.25, -0.2) is 0 Å². The average molecular weight is 216 g/mol. The fraction of sp³-hybridized carbons (Fsp3) is 0.231. The molecule has 0 unspecified atom stereocenters. The van der Waals surface area contributed by atoms with E-state index in [4.69, 9.17) is 0 Å². The summed E-state index contributed by atoms with van der Waals surface area (Å²) in [4.78, 5) is 21.9. The molecule has 0 atom stereocenters. The van der Waals surface area contributed by atoms with E-state index in [-0.39, 0.29) is 5.91 Å². The minimum Gasteiger partial charge on any atom is -0.352 e. The number of amides is 1. The number of rotatable bonds is 5. The first kappa shape index (κ1) is 12.2. The Hall–Kier alpha value is -1.90. The van der Waals surface area contributed by atoms with Gasteiger partial charge < -0.3 is 5.32 Å². The van der Waals surface area contributed by atoms with Crippen LogP contribution in [-0.2, 0) is 4.79 Å². The third-order valence-electron chi connectivity index (χ3n) is 2.07. The summed E-state index contributed by atoms with van der Waals surface area (Å²) in [6, 6.07) is 7.13. The van der Waals surface area contributed by atoms with Gasteiger partial charge in [0.25, 0.3) is 5.91 Å². The maximum atomic E-state index is 11.7. The molecule has 0 saturated heterocycles. The van der Waals surface area contributed by atoms with E-state index in [0.717, 1.165) is 12.0 Å². The van der Waals surface area contributed by atoms with Crippen LogP contribution >= 0.6 is 0 Å². The van der Waals surface area contributed by atoms with Crippen molar-refractivity contribution in [1.82, 2.24) is 5.32 Å². The molecule has 0 saturated carbocycles. The Kier molecular flexibility index (Phi) is 4.99. The Balaban J connectivity index is 2.89. The Morgan fingerprint density at radius 2 is 2.19 bits per heavy atom. The van der Waals surface area contributed by atoms with Crippen molar-refractivity contribution >= 4 is 18.3 Å². The van der Waals surface area contributed by atoms with E-state index in [1.807, 2.05) is 13.0 Å². The van der Waals surface area contributed by atoms with Crippen molar-refractivity contribution in [3.05, 3.63) is 41.5 Å². The summed E-state index contributed by atoms with van der Waals surface area (Å²) in [6.07, 6.45) is 5.39. The largest absolute Gasteiger partial charge is 0.352 e. The monoisotopic (exact) mass is 216 g/mol. The van der Waals surface area contributed by atoms with Crippen molar-refractivity contribution in [3.63, 3.8) is 0 Å². The molecule has 0 aliphatic rings. The molecule has 1 N–H and O–H groups in total. The molecule has 0 spiro atoms. The van der Waals surface area contributed by atoms with Crippen molar-refractivity contribution in [3.8, 4) is 0 Å². The Bertz CT molecular complexity index is 397. The van der Waals surface area contributed by atoms with Crippen LogP contribution in [-0.4, -0.2) is 18.7 Å². The first-order chi connectivity index (χ1) is 7.79. The van der Waals surface area contributed by atoms with Gasteiger partial charge in [0, 0.05) is 12.1 Å². The van der Waals surface area contributed by atoms with Gasteiger partial charge in [-0.2, -0.15) is 0 Å². The molecule has 0 heterocycles. The first-order valence-electron chi connectivity index (χ1n) is 5.21. The Morgan fingerprint density at radius 3 is 2.88 bits per heavy atom. The van der Waals surface area contributed by atoms with Crippen LogP contribution in [0.5, 0.6) is 0 Å². The molecule has 1 aromatic carbocycles. The molecule has 0 aliphatic carbocycles.